The highest BCUT2D eigenvalue weighted by Crippen LogP contribution is 2.12. The highest BCUT2D eigenvalue weighted by atomic mass is 32.1. The molecule has 134 valence electrons. The molecule has 1 aliphatic heterocycles. The van der Waals surface area contributed by atoms with Crippen molar-refractivity contribution in [2.24, 2.45) is 0 Å². The van der Waals surface area contributed by atoms with E-state index < -0.39 is 0 Å². The Kier molecular flexibility index (Phi) is 4.66. The molecule has 0 unspecified atom stereocenters. The van der Waals surface area contributed by atoms with Crippen LogP contribution in [0, 0.1) is 4.64 Å². The Bertz CT molecular complexity index is 1060. The number of carbonyl (C=O) groups excluding carboxylic acids is 1. The van der Waals surface area contributed by atoms with E-state index in [9.17, 15) is 9.59 Å². The van der Waals surface area contributed by atoms with Crippen LogP contribution in [0.2, 0.25) is 0 Å². The van der Waals surface area contributed by atoms with E-state index in [4.69, 9.17) is 12.2 Å². The summed E-state index contributed by atoms with van der Waals surface area (Å²) in [6.45, 7) is 3.34. The standard InChI is InChI=1S/C17H17N5O2S2/c23-14-10-12(19-17-22(14)8-9-26-17)11-20-4-6-21(7-5-20)16(24)13-2-1-3-18-15(13)25/h1-3,8-10H,4-7,11H2,(H,18,25). The van der Waals surface area contributed by atoms with Gasteiger partial charge in [0.05, 0.1) is 11.3 Å². The highest BCUT2D eigenvalue weighted by Gasteiger charge is 2.23. The topological polar surface area (TPSA) is 73.7 Å². The fraction of sp³-hybridized carbons (Fsp3) is 0.294. The monoisotopic (exact) mass is 387 g/mol. The van der Waals surface area contributed by atoms with Gasteiger partial charge in [-0.15, -0.1) is 11.3 Å². The molecule has 7 nitrogen and oxygen atoms in total. The van der Waals surface area contributed by atoms with Crippen LogP contribution in [0.4, 0.5) is 0 Å². The van der Waals surface area contributed by atoms with Gasteiger partial charge < -0.3 is 9.88 Å². The summed E-state index contributed by atoms with van der Waals surface area (Å²) in [6, 6.07) is 5.12. The molecule has 0 aromatic carbocycles. The SMILES string of the molecule is O=C(c1ccc[nH]c1=S)N1CCN(Cc2cc(=O)n3ccsc3n2)CC1. The minimum Gasteiger partial charge on any atom is -0.352 e. The van der Waals surface area contributed by atoms with Crippen LogP contribution in [0.1, 0.15) is 16.1 Å². The van der Waals surface area contributed by atoms with E-state index in [-0.39, 0.29) is 11.5 Å². The molecule has 9 heteroatoms. The zero-order chi connectivity index (χ0) is 18.1. The van der Waals surface area contributed by atoms with Gasteiger partial charge in [-0.25, -0.2) is 4.98 Å². The molecule has 0 spiro atoms. The lowest BCUT2D eigenvalue weighted by Crippen LogP contribution is -2.48. The molecule has 0 atom stereocenters. The van der Waals surface area contributed by atoms with Crippen molar-refractivity contribution in [3.05, 3.63) is 62.2 Å². The summed E-state index contributed by atoms with van der Waals surface area (Å²) in [7, 11) is 0. The number of aromatic nitrogens is 3. The van der Waals surface area contributed by atoms with Crippen LogP contribution in [-0.4, -0.2) is 56.3 Å². The number of amides is 1. The number of hydrogen-bond donors (Lipinski definition) is 1. The lowest BCUT2D eigenvalue weighted by Gasteiger charge is -2.34. The zero-order valence-corrected chi connectivity index (χ0v) is 15.6. The second kappa shape index (κ2) is 7.10. The molecule has 1 saturated heterocycles. The van der Waals surface area contributed by atoms with E-state index in [0.717, 1.165) is 18.8 Å². The second-order valence-corrected chi connectivity index (χ2v) is 7.40. The Morgan fingerprint density at radius 3 is 2.88 bits per heavy atom. The number of thiazole rings is 1. The van der Waals surface area contributed by atoms with E-state index in [2.05, 4.69) is 14.9 Å². The van der Waals surface area contributed by atoms with E-state index >= 15 is 0 Å². The number of aromatic amines is 1. The molecule has 4 rings (SSSR count). The fourth-order valence-corrected chi connectivity index (χ4v) is 4.03. The molecule has 1 aliphatic rings. The molecule has 0 bridgehead atoms. The molecular weight excluding hydrogens is 370 g/mol. The third-order valence-electron chi connectivity index (χ3n) is 4.45. The molecule has 1 amide bonds. The summed E-state index contributed by atoms with van der Waals surface area (Å²) in [6.07, 6.45) is 3.45. The van der Waals surface area contributed by atoms with Crippen molar-refractivity contribution in [1.82, 2.24) is 24.2 Å². The normalized spacial score (nSPS) is 15.5. The molecule has 3 aromatic heterocycles. The van der Waals surface area contributed by atoms with E-state index in [0.29, 0.717) is 34.8 Å². The van der Waals surface area contributed by atoms with E-state index in [1.807, 2.05) is 10.3 Å². The minimum atomic E-state index is -0.0571. The number of H-pyrrole nitrogens is 1. The lowest BCUT2D eigenvalue weighted by atomic mass is 10.2. The maximum atomic E-state index is 12.6. The Morgan fingerprint density at radius 1 is 1.31 bits per heavy atom. The Morgan fingerprint density at radius 2 is 2.12 bits per heavy atom. The smallest absolute Gasteiger partial charge is 0.258 e. The minimum absolute atomic E-state index is 0.0390. The number of pyridine rings is 1. The molecule has 3 aromatic rings. The van der Waals surface area contributed by atoms with Crippen LogP contribution in [-0.2, 0) is 6.54 Å². The van der Waals surface area contributed by atoms with Crippen LogP contribution in [0.3, 0.4) is 0 Å². The number of nitrogens with one attached hydrogen (secondary N) is 1. The van der Waals surface area contributed by atoms with E-state index in [1.165, 1.54) is 11.3 Å². The summed E-state index contributed by atoms with van der Waals surface area (Å²) in [5.41, 5.74) is 1.25. The quantitative estimate of drug-likeness (QED) is 0.694. The van der Waals surface area contributed by atoms with Crippen molar-refractivity contribution < 1.29 is 4.79 Å². The predicted molar refractivity (Wildman–Crippen MR) is 102 cm³/mol. The first-order chi connectivity index (χ1) is 12.6. The number of piperazine rings is 1. The Balaban J connectivity index is 1.42. The van der Waals surface area contributed by atoms with Crippen molar-refractivity contribution in [3.8, 4) is 0 Å². The maximum Gasteiger partial charge on any atom is 0.258 e. The summed E-state index contributed by atoms with van der Waals surface area (Å²) >= 11 is 6.65. The van der Waals surface area contributed by atoms with Crippen LogP contribution in [0.25, 0.3) is 4.96 Å². The van der Waals surface area contributed by atoms with Gasteiger partial charge in [-0.3, -0.25) is 18.9 Å². The summed E-state index contributed by atoms with van der Waals surface area (Å²) in [5.74, 6) is -0.0390. The molecule has 26 heavy (non-hydrogen) atoms. The third-order valence-corrected chi connectivity index (χ3v) is 5.54. The van der Waals surface area contributed by atoms with Gasteiger partial charge in [0.1, 0.15) is 4.64 Å². The fourth-order valence-electron chi connectivity index (χ4n) is 3.07. The van der Waals surface area contributed by atoms with Gasteiger partial charge in [0.25, 0.3) is 11.5 Å². The Labute approximate surface area is 158 Å². The number of rotatable bonds is 3. The first kappa shape index (κ1) is 17.1. The second-order valence-electron chi connectivity index (χ2n) is 6.12. The van der Waals surface area contributed by atoms with Crippen LogP contribution in [0.5, 0.6) is 0 Å². The number of hydrogen-bond acceptors (Lipinski definition) is 6. The third kappa shape index (κ3) is 3.33. The first-order valence-corrected chi connectivity index (χ1v) is 9.56. The van der Waals surface area contributed by atoms with Crippen LogP contribution >= 0.6 is 23.6 Å². The van der Waals surface area contributed by atoms with Crippen molar-refractivity contribution in [2.75, 3.05) is 26.2 Å². The molecule has 0 radical (unpaired) electrons. The average molecular weight is 387 g/mol. The molecule has 4 heterocycles. The molecule has 0 saturated carbocycles. The average Bonchev–Trinajstić information content (AvgIpc) is 3.11. The molecular formula is C17H17N5O2S2. The number of fused-ring (bicyclic) bond motifs is 1. The van der Waals surface area contributed by atoms with Gasteiger partial charge in [-0.05, 0) is 12.1 Å². The summed E-state index contributed by atoms with van der Waals surface area (Å²) in [5, 5.41) is 1.85. The van der Waals surface area contributed by atoms with Gasteiger partial charge in [0.2, 0.25) is 0 Å². The van der Waals surface area contributed by atoms with Crippen molar-refractivity contribution >= 4 is 34.4 Å². The number of carbonyl (C=O) groups is 1. The van der Waals surface area contributed by atoms with Gasteiger partial charge in [-0.2, -0.15) is 0 Å². The van der Waals surface area contributed by atoms with Gasteiger partial charge in [0, 0.05) is 56.6 Å². The van der Waals surface area contributed by atoms with Gasteiger partial charge in [0.15, 0.2) is 4.96 Å². The summed E-state index contributed by atoms with van der Waals surface area (Å²) in [4.78, 5) is 36.9. The maximum absolute atomic E-state index is 12.6. The van der Waals surface area contributed by atoms with Crippen molar-refractivity contribution in [2.45, 2.75) is 6.54 Å². The van der Waals surface area contributed by atoms with E-state index in [1.54, 1.807) is 35.0 Å². The molecule has 1 fully saturated rings. The Hall–Kier alpha value is -2.36. The van der Waals surface area contributed by atoms with Crippen LogP contribution < -0.4 is 5.56 Å². The lowest BCUT2D eigenvalue weighted by molar-refractivity contribution is 0.0626. The van der Waals surface area contributed by atoms with Gasteiger partial charge in [-0.1, -0.05) is 12.2 Å². The predicted octanol–water partition coefficient (Wildman–Crippen LogP) is 1.77. The zero-order valence-electron chi connectivity index (χ0n) is 13.9. The van der Waals surface area contributed by atoms with Crippen molar-refractivity contribution in [3.63, 3.8) is 0 Å². The summed E-state index contributed by atoms with van der Waals surface area (Å²) < 4.78 is 2.02. The largest absolute Gasteiger partial charge is 0.352 e. The number of nitrogens with zero attached hydrogens (tertiary/aromatic N) is 4. The van der Waals surface area contributed by atoms with Gasteiger partial charge >= 0.3 is 0 Å². The highest BCUT2D eigenvalue weighted by molar-refractivity contribution is 7.71. The first-order valence-electron chi connectivity index (χ1n) is 8.27. The van der Waals surface area contributed by atoms with Crippen molar-refractivity contribution in [1.29, 1.82) is 0 Å². The van der Waals surface area contributed by atoms with Crippen LogP contribution in [0.15, 0.2) is 40.8 Å². The molecule has 0 aliphatic carbocycles. The molecule has 1 N–H and O–H groups in total.